The van der Waals surface area contributed by atoms with E-state index in [0.717, 1.165) is 6.54 Å². The first-order valence-corrected chi connectivity index (χ1v) is 4.06. The topological polar surface area (TPSA) is 12.0 Å². The van der Waals surface area contributed by atoms with E-state index in [-0.39, 0.29) is 0 Å². The summed E-state index contributed by atoms with van der Waals surface area (Å²) >= 11 is 0. The molecule has 0 amide bonds. The lowest BCUT2D eigenvalue weighted by molar-refractivity contribution is 0.641. The van der Waals surface area contributed by atoms with E-state index in [2.05, 4.69) is 18.8 Å². The van der Waals surface area contributed by atoms with Crippen LogP contribution in [0.1, 0.15) is 32.6 Å². The van der Waals surface area contributed by atoms with Crippen LogP contribution in [0.2, 0.25) is 0 Å². The Hall–Kier alpha value is -0.300. The molecule has 1 N–H and O–H groups in total. The molecule has 0 radical (unpaired) electrons. The second-order valence-corrected chi connectivity index (χ2v) is 2.87. The number of unbranched alkanes of at least 4 members (excludes halogenated alkanes) is 2. The van der Waals surface area contributed by atoms with Crippen LogP contribution in [0.25, 0.3) is 0 Å². The minimum Gasteiger partial charge on any atom is -0.320 e. The smallest absolute Gasteiger partial charge is 0.00519 e. The molecule has 10 heavy (non-hydrogen) atoms. The standard InChI is InChI=1S/C9H19N/c1-9(2)7-5-4-6-8-10-3/h10H,1,4-8H2,2-3H3. The normalized spacial score (nSPS) is 9.80. The largest absolute Gasteiger partial charge is 0.320 e. The molecular formula is C9H19N. The van der Waals surface area contributed by atoms with Crippen LogP contribution in [0.15, 0.2) is 12.2 Å². The highest BCUT2D eigenvalue weighted by Crippen LogP contribution is 2.04. The van der Waals surface area contributed by atoms with Gasteiger partial charge in [-0.3, -0.25) is 0 Å². The molecule has 0 aliphatic rings. The SMILES string of the molecule is C=C(C)CCCCCNC. The van der Waals surface area contributed by atoms with Crippen molar-refractivity contribution in [2.45, 2.75) is 32.6 Å². The molecule has 0 fully saturated rings. The molecule has 60 valence electrons. The molecule has 0 saturated heterocycles. The Kier molecular flexibility index (Phi) is 6.61. The average molecular weight is 141 g/mol. The zero-order chi connectivity index (χ0) is 7.82. The summed E-state index contributed by atoms with van der Waals surface area (Å²) in [5.41, 5.74) is 1.31. The number of nitrogens with one attached hydrogen (secondary N) is 1. The van der Waals surface area contributed by atoms with Gasteiger partial charge in [-0.1, -0.05) is 12.0 Å². The van der Waals surface area contributed by atoms with Gasteiger partial charge in [0.15, 0.2) is 0 Å². The molecule has 0 aliphatic carbocycles. The van der Waals surface area contributed by atoms with Gasteiger partial charge in [0.2, 0.25) is 0 Å². The Morgan fingerprint density at radius 3 is 2.50 bits per heavy atom. The molecule has 0 unspecified atom stereocenters. The maximum absolute atomic E-state index is 3.86. The van der Waals surface area contributed by atoms with E-state index in [1.54, 1.807) is 0 Å². The first-order valence-electron chi connectivity index (χ1n) is 4.06. The lowest BCUT2D eigenvalue weighted by Crippen LogP contribution is -2.06. The Labute approximate surface area is 64.5 Å². The molecule has 0 aliphatic heterocycles. The maximum Gasteiger partial charge on any atom is -0.00519 e. The van der Waals surface area contributed by atoms with Crippen molar-refractivity contribution in [1.82, 2.24) is 5.32 Å². The molecule has 0 rings (SSSR count). The second-order valence-electron chi connectivity index (χ2n) is 2.87. The minimum atomic E-state index is 1.15. The molecule has 0 aromatic carbocycles. The molecule has 0 heterocycles. The first-order chi connectivity index (χ1) is 4.77. The maximum atomic E-state index is 3.86. The van der Waals surface area contributed by atoms with Gasteiger partial charge in [0, 0.05) is 0 Å². The van der Waals surface area contributed by atoms with Crippen LogP contribution in [-0.2, 0) is 0 Å². The Morgan fingerprint density at radius 2 is 2.00 bits per heavy atom. The van der Waals surface area contributed by atoms with Crippen molar-refractivity contribution in [2.24, 2.45) is 0 Å². The zero-order valence-electron chi connectivity index (χ0n) is 7.24. The summed E-state index contributed by atoms with van der Waals surface area (Å²) in [6.45, 7) is 7.10. The van der Waals surface area contributed by atoms with E-state index in [4.69, 9.17) is 0 Å². The first kappa shape index (κ1) is 9.70. The van der Waals surface area contributed by atoms with E-state index in [1.807, 2.05) is 7.05 Å². The summed E-state index contributed by atoms with van der Waals surface area (Å²) in [6.07, 6.45) is 5.12. The van der Waals surface area contributed by atoms with Gasteiger partial charge in [0.1, 0.15) is 0 Å². The summed E-state index contributed by atoms with van der Waals surface area (Å²) in [5, 5.41) is 3.13. The average Bonchev–Trinajstić information content (AvgIpc) is 1.87. The van der Waals surface area contributed by atoms with E-state index in [9.17, 15) is 0 Å². The Morgan fingerprint density at radius 1 is 1.30 bits per heavy atom. The molecule has 0 aromatic rings. The van der Waals surface area contributed by atoms with Crippen LogP contribution in [0.5, 0.6) is 0 Å². The van der Waals surface area contributed by atoms with Gasteiger partial charge in [-0.05, 0) is 39.8 Å². The van der Waals surface area contributed by atoms with E-state index >= 15 is 0 Å². The second kappa shape index (κ2) is 6.81. The fourth-order valence-corrected chi connectivity index (χ4v) is 0.905. The molecule has 0 bridgehead atoms. The number of rotatable bonds is 6. The fourth-order valence-electron chi connectivity index (χ4n) is 0.905. The summed E-state index contributed by atoms with van der Waals surface area (Å²) in [5.74, 6) is 0. The van der Waals surface area contributed by atoms with Gasteiger partial charge < -0.3 is 5.32 Å². The minimum absolute atomic E-state index is 1.15. The quantitative estimate of drug-likeness (QED) is 0.442. The predicted octanol–water partition coefficient (Wildman–Crippen LogP) is 2.34. The van der Waals surface area contributed by atoms with Crippen LogP contribution in [0, 0.1) is 0 Å². The Balaban J connectivity index is 2.84. The van der Waals surface area contributed by atoms with Gasteiger partial charge in [0.05, 0.1) is 0 Å². The monoisotopic (exact) mass is 141 g/mol. The highest BCUT2D eigenvalue weighted by Gasteiger charge is 1.88. The van der Waals surface area contributed by atoms with Crippen molar-refractivity contribution >= 4 is 0 Å². The summed E-state index contributed by atoms with van der Waals surface area (Å²) in [7, 11) is 2.00. The van der Waals surface area contributed by atoms with Crippen molar-refractivity contribution < 1.29 is 0 Å². The number of allylic oxidation sites excluding steroid dienone is 1. The van der Waals surface area contributed by atoms with E-state index in [0.29, 0.717) is 0 Å². The van der Waals surface area contributed by atoms with Crippen molar-refractivity contribution in [3.8, 4) is 0 Å². The number of hydrogen-bond donors (Lipinski definition) is 1. The molecular weight excluding hydrogens is 122 g/mol. The lowest BCUT2D eigenvalue weighted by atomic mass is 10.1. The highest BCUT2D eigenvalue weighted by molar-refractivity contribution is 4.86. The fraction of sp³-hybridized carbons (Fsp3) is 0.778. The van der Waals surface area contributed by atoms with Gasteiger partial charge in [-0.25, -0.2) is 0 Å². The van der Waals surface area contributed by atoms with Gasteiger partial charge >= 0.3 is 0 Å². The molecule has 1 nitrogen and oxygen atoms in total. The lowest BCUT2D eigenvalue weighted by Gasteiger charge is -1.99. The molecule has 0 aromatic heterocycles. The van der Waals surface area contributed by atoms with Crippen LogP contribution >= 0.6 is 0 Å². The molecule has 0 saturated carbocycles. The predicted molar refractivity (Wildman–Crippen MR) is 47.2 cm³/mol. The summed E-state index contributed by atoms with van der Waals surface area (Å²) in [4.78, 5) is 0. The zero-order valence-corrected chi connectivity index (χ0v) is 7.24. The third-order valence-electron chi connectivity index (χ3n) is 1.53. The van der Waals surface area contributed by atoms with Crippen molar-refractivity contribution in [3.05, 3.63) is 12.2 Å². The van der Waals surface area contributed by atoms with E-state index in [1.165, 1.54) is 31.3 Å². The molecule has 0 atom stereocenters. The third-order valence-corrected chi connectivity index (χ3v) is 1.53. The van der Waals surface area contributed by atoms with Crippen molar-refractivity contribution in [1.29, 1.82) is 0 Å². The molecule has 0 spiro atoms. The van der Waals surface area contributed by atoms with Crippen LogP contribution in [0.4, 0.5) is 0 Å². The Bertz CT molecular complexity index is 86.7. The van der Waals surface area contributed by atoms with E-state index < -0.39 is 0 Å². The number of hydrogen-bond acceptors (Lipinski definition) is 1. The van der Waals surface area contributed by atoms with Gasteiger partial charge in [0.25, 0.3) is 0 Å². The van der Waals surface area contributed by atoms with Gasteiger partial charge in [-0.2, -0.15) is 0 Å². The van der Waals surface area contributed by atoms with Crippen LogP contribution in [0.3, 0.4) is 0 Å². The summed E-state index contributed by atoms with van der Waals surface area (Å²) in [6, 6.07) is 0. The van der Waals surface area contributed by atoms with Crippen LogP contribution in [-0.4, -0.2) is 13.6 Å². The third kappa shape index (κ3) is 7.70. The summed E-state index contributed by atoms with van der Waals surface area (Å²) < 4.78 is 0. The molecule has 1 heteroatoms. The highest BCUT2D eigenvalue weighted by atomic mass is 14.8. The van der Waals surface area contributed by atoms with Crippen molar-refractivity contribution in [2.75, 3.05) is 13.6 Å². The van der Waals surface area contributed by atoms with Gasteiger partial charge in [-0.15, -0.1) is 6.58 Å². The van der Waals surface area contributed by atoms with Crippen LogP contribution < -0.4 is 5.32 Å². The van der Waals surface area contributed by atoms with Crippen molar-refractivity contribution in [3.63, 3.8) is 0 Å².